The van der Waals surface area contributed by atoms with Crippen molar-refractivity contribution in [1.29, 1.82) is 0 Å². The van der Waals surface area contributed by atoms with Crippen LogP contribution in [0.5, 0.6) is 0 Å². The zero-order chi connectivity index (χ0) is 81.7. The Morgan fingerprint density at radius 1 is 0.345 bits per heavy atom. The summed E-state index contributed by atoms with van der Waals surface area (Å²) in [6.07, 6.45) is 9.45. The van der Waals surface area contributed by atoms with E-state index in [9.17, 15) is 38.4 Å². The SMILES string of the molecule is CCCCCC[Si](O)(O)CCCCCC.C[Si](NC(N)=O)(NC(N)=O)c1ccccc1.Cl[Si](Cl)(c1ccc(-c2ccccc2)cc1)c1ccc(-c2ccccc2)cc1.NC(=O)N[Si](NC(N)=O)(c1ccccc1)c1ccccc1.OC[SiH](CO)c1ccccc1.O[Si](O)(c1cccc2ccccc12)c1cccc2ccccc12. The lowest BCUT2D eigenvalue weighted by Gasteiger charge is -2.31. The maximum atomic E-state index is 11.5. The number of hydrogen-bond acceptors (Lipinski definition) is 10. The van der Waals surface area contributed by atoms with Crippen LogP contribution >= 0.6 is 22.2 Å². The molecule has 0 radical (unpaired) electrons. The molecule has 0 fully saturated rings. The molecule has 0 saturated carbocycles. The summed E-state index contributed by atoms with van der Waals surface area (Å²) in [6.45, 7) is 3.32. The van der Waals surface area contributed by atoms with Crippen LogP contribution in [0.3, 0.4) is 0 Å². The van der Waals surface area contributed by atoms with Gasteiger partial charge in [-0.3, -0.25) is 0 Å². The third kappa shape index (κ3) is 27.6. The monoisotopic (exact) mass is 1660 g/mol. The van der Waals surface area contributed by atoms with Gasteiger partial charge in [0.25, 0.3) is 8.40 Å². The summed E-state index contributed by atoms with van der Waals surface area (Å²) in [5.74, 6) is 0. The number of benzene rings is 12. The first-order valence-electron chi connectivity index (χ1n) is 37.6. The Labute approximate surface area is 679 Å². The number of primary amides is 4. The third-order valence-corrected chi connectivity index (χ3v) is 37.0. The Morgan fingerprint density at radius 2 is 0.646 bits per heavy atom. The molecule has 0 aliphatic carbocycles. The molecule has 18 N–H and O–H groups in total. The second-order valence-electron chi connectivity index (χ2n) is 27.2. The van der Waals surface area contributed by atoms with Crippen molar-refractivity contribution in [3.05, 3.63) is 315 Å². The number of aliphatic hydroxyl groups excluding tert-OH is 2. The van der Waals surface area contributed by atoms with Crippen LogP contribution in [0, 0.1) is 0 Å². The maximum absolute atomic E-state index is 11.5. The minimum atomic E-state index is -3.78. The highest BCUT2D eigenvalue weighted by Gasteiger charge is 2.42. The number of hydrogen-bond donors (Lipinski definition) is 14. The van der Waals surface area contributed by atoms with Gasteiger partial charge >= 0.3 is 56.3 Å². The average Bonchev–Trinajstić information content (AvgIpc) is 0.770. The van der Waals surface area contributed by atoms with Crippen LogP contribution in [0.4, 0.5) is 19.2 Å². The Kier molecular flexibility index (Phi) is 36.3. The number of fused-ring (bicyclic) bond motifs is 2. The molecule has 0 atom stereocenters. The number of rotatable bonds is 26. The first-order valence-corrected chi connectivity index (χ1v) is 52.5. The first-order chi connectivity index (χ1) is 54.3. The van der Waals surface area contributed by atoms with E-state index >= 15 is 0 Å². The number of amides is 8. The number of unbranched alkanes of at least 4 members (excludes halogenated alkanes) is 6. The molecule has 0 unspecified atom stereocenters. The fourth-order valence-corrected chi connectivity index (χ4v) is 26.5. The minimum Gasteiger partial charge on any atom is -0.411 e. The summed E-state index contributed by atoms with van der Waals surface area (Å²) in [4.78, 5) is 97.3. The van der Waals surface area contributed by atoms with Crippen molar-refractivity contribution < 1.29 is 48.6 Å². The Morgan fingerprint density at radius 3 is 0.982 bits per heavy atom. The van der Waals surface area contributed by atoms with E-state index in [1.54, 1.807) is 18.7 Å². The highest BCUT2D eigenvalue weighted by atomic mass is 35.7. The molecule has 0 saturated heterocycles. The molecular weight excluding hydrogens is 1560 g/mol. The molecule has 0 spiro atoms. The maximum Gasteiger partial charge on any atom is 0.402 e. The number of nitrogens with two attached hydrogens (primary N) is 4. The third-order valence-electron chi connectivity index (χ3n) is 18.7. The molecule has 0 aliphatic heterocycles. The molecule has 0 bridgehead atoms. The van der Waals surface area contributed by atoms with Gasteiger partial charge in [0.2, 0.25) is 0 Å². The number of halogens is 2. The van der Waals surface area contributed by atoms with Crippen LogP contribution in [-0.4, -0.2) is 115 Å². The number of carbonyl (C=O) groups excluding carboxylic acids is 4. The molecule has 0 aliphatic rings. The van der Waals surface area contributed by atoms with E-state index < -0.39 is 73.5 Å². The molecule has 12 rings (SSSR count). The van der Waals surface area contributed by atoms with Gasteiger partial charge in [-0.25, -0.2) is 19.2 Å². The van der Waals surface area contributed by atoms with E-state index in [-0.39, 0.29) is 12.5 Å². The topological polar surface area (TPSA) is 342 Å². The lowest BCUT2D eigenvalue weighted by Crippen LogP contribution is -2.80. The normalized spacial score (nSPS) is 11.2. The van der Waals surface area contributed by atoms with Gasteiger partial charge < -0.3 is 72.3 Å². The second kappa shape index (κ2) is 45.5. The number of nitrogens with one attached hydrogen (secondary N) is 4. The van der Waals surface area contributed by atoms with E-state index in [1.807, 2.05) is 231 Å². The fourth-order valence-electron chi connectivity index (χ4n) is 12.8. The summed E-state index contributed by atoms with van der Waals surface area (Å²) in [7, 11) is -13.9. The van der Waals surface area contributed by atoms with E-state index in [0.29, 0.717) is 22.5 Å². The smallest absolute Gasteiger partial charge is 0.402 e. The molecule has 26 heteroatoms. The molecule has 12 aromatic carbocycles. The van der Waals surface area contributed by atoms with E-state index in [2.05, 4.69) is 107 Å². The molecule has 8 amide bonds. The zero-order valence-corrected chi connectivity index (χ0v) is 71.6. The lowest BCUT2D eigenvalue weighted by molar-refractivity contribution is 0.249. The molecule has 0 aromatic heterocycles. The van der Waals surface area contributed by atoms with Gasteiger partial charge in [0.1, 0.15) is 8.80 Å². The van der Waals surface area contributed by atoms with Crippen molar-refractivity contribution >= 4 is 159 Å². The molecule has 590 valence electrons. The summed E-state index contributed by atoms with van der Waals surface area (Å²) in [5.41, 5.74) is 25.5. The minimum absolute atomic E-state index is 0.139. The highest BCUT2D eigenvalue weighted by molar-refractivity contribution is 7.56. The van der Waals surface area contributed by atoms with Crippen molar-refractivity contribution in [2.75, 3.05) is 12.5 Å². The van der Waals surface area contributed by atoms with Gasteiger partial charge in [-0.1, -0.05) is 386 Å². The van der Waals surface area contributed by atoms with Crippen molar-refractivity contribution in [2.45, 2.75) is 83.8 Å². The lowest BCUT2D eigenvalue weighted by atomic mass is 10.1. The van der Waals surface area contributed by atoms with Crippen LogP contribution in [-0.2, 0) is 0 Å². The quantitative estimate of drug-likeness (QED) is 0.0138. The Balaban J connectivity index is 0.000000192. The number of carbonyl (C=O) groups is 4. The van der Waals surface area contributed by atoms with Gasteiger partial charge in [0, 0.05) is 22.8 Å². The van der Waals surface area contributed by atoms with Gasteiger partial charge in [-0.05, 0) is 88.4 Å². The van der Waals surface area contributed by atoms with E-state index in [4.69, 9.17) is 55.3 Å². The Hall–Kier alpha value is -10.1. The summed E-state index contributed by atoms with van der Waals surface area (Å²) in [5, 5.41) is 28.3. The zero-order valence-electron chi connectivity index (χ0n) is 64.0. The first kappa shape index (κ1) is 90.1. The summed E-state index contributed by atoms with van der Waals surface area (Å²) in [6, 6.07) is 99.9. The van der Waals surface area contributed by atoms with Crippen molar-refractivity contribution in [1.82, 2.24) is 19.9 Å². The van der Waals surface area contributed by atoms with Crippen LogP contribution in [0.15, 0.2) is 315 Å². The van der Waals surface area contributed by atoms with Gasteiger partial charge in [-0.2, -0.15) is 0 Å². The molecular formula is C87H104Cl2N8O10Si6. The standard InChI is InChI=1S/C24H18Cl2Si.C20H16O2Si.C14H16N4O2Si.C12H28O2Si.C9H14N4O2Si.C8H12O2Si/c25-27(26,23-15-11-21(12-16-23)19-7-3-1-4-8-19)24-17-13-22(14-18-24)20-9-5-2-6-10-20;21-23(22,19-13-5-9-15-7-1-3-11-17(15)19)20-14-6-10-16-8-2-4-12-18(16)20;15-13(19)17-21(18-14(16)20,11-7-3-1-4-8-11)12-9-5-2-6-10-12;1-3-5-7-9-11-15(13,14)12-10-8-6-4-2;1-16(12-8(10)14,13-9(11)15)7-5-3-2-4-6-7;9-6-11(7-10)8-4-2-1-3-5-8/h1-18H;1-14,21-22H;1-10H,(H3,15,17,19)(H3,16,18,20);13-14H,3-12H2,1-2H3;2-6H,1H3,(H3,10,12,14)(H3,11,13,15);1-5,9-11H,6-7H2. The highest BCUT2D eigenvalue weighted by Crippen LogP contribution is 2.25. The van der Waals surface area contributed by atoms with Crippen molar-refractivity contribution in [3.63, 3.8) is 0 Å². The second-order valence-corrected chi connectivity index (χ2v) is 48.1. The molecule has 113 heavy (non-hydrogen) atoms. The summed E-state index contributed by atoms with van der Waals surface area (Å²) < 4.78 is 0. The Bertz CT molecular complexity index is 4590. The van der Waals surface area contributed by atoms with Gasteiger partial charge in [0.05, 0.1) is 0 Å². The predicted molar refractivity (Wildman–Crippen MR) is 480 cm³/mol. The van der Waals surface area contributed by atoms with Gasteiger partial charge in [-0.15, -0.1) is 22.2 Å². The number of urea groups is 4. The fraction of sp³-hybridized carbons (Fsp3) is 0.172. The van der Waals surface area contributed by atoms with E-state index in [1.165, 1.54) is 36.8 Å². The van der Waals surface area contributed by atoms with Crippen molar-refractivity contribution in [3.8, 4) is 22.3 Å². The van der Waals surface area contributed by atoms with Crippen LogP contribution in [0.2, 0.25) is 18.6 Å². The van der Waals surface area contributed by atoms with Crippen molar-refractivity contribution in [2.24, 2.45) is 22.9 Å². The van der Waals surface area contributed by atoms with Crippen LogP contribution < -0.4 is 84.4 Å². The van der Waals surface area contributed by atoms with Gasteiger partial charge in [0.15, 0.2) is 0 Å². The number of aliphatic hydroxyl groups is 2. The predicted octanol–water partition coefficient (Wildman–Crippen LogP) is 10.2. The van der Waals surface area contributed by atoms with Crippen LogP contribution in [0.1, 0.15) is 65.2 Å². The largest absolute Gasteiger partial charge is 0.411 e. The molecule has 12 aromatic rings. The molecule has 0 heterocycles. The molecule has 18 nitrogen and oxygen atoms in total. The van der Waals surface area contributed by atoms with E-state index in [0.717, 1.165) is 89.5 Å². The van der Waals surface area contributed by atoms with Crippen LogP contribution in [0.25, 0.3) is 43.8 Å². The average molecular weight is 1660 g/mol. The summed E-state index contributed by atoms with van der Waals surface area (Å²) >= 11 is 13.8.